The van der Waals surface area contributed by atoms with Crippen molar-refractivity contribution in [2.75, 3.05) is 19.7 Å². The number of aliphatic hydroxyl groups excluding tert-OH is 1. The quantitative estimate of drug-likeness (QED) is 0.646. The van der Waals surface area contributed by atoms with Gasteiger partial charge in [-0.25, -0.2) is 14.7 Å². The summed E-state index contributed by atoms with van der Waals surface area (Å²) in [4.78, 5) is 42.2. The molecule has 2 aliphatic heterocycles. The summed E-state index contributed by atoms with van der Waals surface area (Å²) >= 11 is 9.14. The molecule has 14 heteroatoms. The summed E-state index contributed by atoms with van der Waals surface area (Å²) in [6.45, 7) is -0.684. The minimum absolute atomic E-state index is 0.0116. The normalized spacial score (nSPS) is 22.4. The van der Waals surface area contributed by atoms with Gasteiger partial charge in [-0.1, -0.05) is 11.6 Å². The molecule has 2 saturated heterocycles. The topological polar surface area (TPSA) is 104 Å². The largest absolute Gasteiger partial charge is 0.439 e. The van der Waals surface area contributed by atoms with Crippen LogP contribution in [-0.4, -0.2) is 74.0 Å². The minimum Gasteiger partial charge on any atom is -0.439 e. The Bertz CT molecular complexity index is 1090. The van der Waals surface area contributed by atoms with Crippen molar-refractivity contribution in [1.82, 2.24) is 19.2 Å². The molecule has 0 aromatic carbocycles. The van der Waals surface area contributed by atoms with Crippen molar-refractivity contribution in [2.24, 2.45) is 0 Å². The molecule has 2 aliphatic rings. The molecule has 4 rings (SSSR count). The number of alkyl halides is 3. The van der Waals surface area contributed by atoms with Gasteiger partial charge in [-0.15, -0.1) is 0 Å². The molecule has 0 saturated carbocycles. The van der Waals surface area contributed by atoms with Gasteiger partial charge in [-0.2, -0.15) is 13.2 Å². The lowest BCUT2D eigenvalue weighted by molar-refractivity contribution is -0.136. The van der Waals surface area contributed by atoms with Gasteiger partial charge in [0, 0.05) is 23.8 Å². The van der Waals surface area contributed by atoms with Crippen LogP contribution in [0.25, 0.3) is 5.65 Å². The number of rotatable bonds is 2. The highest BCUT2D eigenvalue weighted by Gasteiger charge is 2.44. The number of hydrogen-bond acceptors (Lipinski definition) is 6. The second kappa shape index (κ2) is 7.64. The lowest BCUT2D eigenvalue weighted by Crippen LogP contribution is -2.56. The number of imide groups is 1. The van der Waals surface area contributed by atoms with Crippen molar-refractivity contribution in [3.05, 3.63) is 33.1 Å². The van der Waals surface area contributed by atoms with Crippen LogP contribution in [0.2, 0.25) is 5.15 Å². The zero-order valence-electron chi connectivity index (χ0n) is 15.4. The summed E-state index contributed by atoms with van der Waals surface area (Å²) in [7, 11) is 0. The van der Waals surface area contributed by atoms with Gasteiger partial charge in [0.1, 0.15) is 5.15 Å². The summed E-state index contributed by atoms with van der Waals surface area (Å²) in [6, 6.07) is -0.0511. The number of pyridine rings is 1. The van der Waals surface area contributed by atoms with Crippen LogP contribution in [0, 0.1) is 0 Å². The van der Waals surface area contributed by atoms with E-state index >= 15 is 0 Å². The number of piperidine rings is 1. The van der Waals surface area contributed by atoms with E-state index in [-0.39, 0.29) is 29.1 Å². The second-order valence-corrected chi connectivity index (χ2v) is 8.28. The fourth-order valence-corrected chi connectivity index (χ4v) is 4.35. The average molecular weight is 526 g/mol. The maximum absolute atomic E-state index is 13.4. The molecule has 0 unspecified atom stereocenters. The van der Waals surface area contributed by atoms with Gasteiger partial charge in [0.15, 0.2) is 17.9 Å². The standard InChI is InChI=1S/C17H13BrClF3N4O5/c18-7-3-8(17(20,21)22)14-23-12(13(19)25(14)4-7)15(29)24-2-1-9(10(27)5-24)26-11(28)6-31-16(26)30/h3-4,9-10,27H,1-2,5-6H2/t9-,10-/m1/s1. The lowest BCUT2D eigenvalue weighted by atomic mass is 10.00. The van der Waals surface area contributed by atoms with E-state index in [2.05, 4.69) is 25.7 Å². The number of carbonyl (C=O) groups excluding carboxylic acids is 3. The minimum atomic E-state index is -4.73. The number of fused-ring (bicyclic) bond motifs is 1. The van der Waals surface area contributed by atoms with E-state index in [1.54, 1.807) is 0 Å². The zero-order chi connectivity index (χ0) is 22.7. The average Bonchev–Trinajstić information content (AvgIpc) is 3.19. The zero-order valence-corrected chi connectivity index (χ0v) is 17.7. The molecular formula is C17H13BrClF3N4O5. The highest BCUT2D eigenvalue weighted by Crippen LogP contribution is 2.36. The van der Waals surface area contributed by atoms with E-state index in [1.807, 2.05) is 0 Å². The number of likely N-dealkylation sites (tertiary alicyclic amines) is 1. The first-order valence-corrected chi connectivity index (χ1v) is 10.1. The predicted molar refractivity (Wildman–Crippen MR) is 101 cm³/mol. The smallest absolute Gasteiger partial charge is 0.420 e. The Hall–Kier alpha value is -2.38. The lowest BCUT2D eigenvalue weighted by Gasteiger charge is -2.38. The van der Waals surface area contributed by atoms with Crippen molar-refractivity contribution in [3.63, 3.8) is 0 Å². The van der Waals surface area contributed by atoms with Crippen LogP contribution in [0.5, 0.6) is 0 Å². The number of imidazole rings is 1. The summed E-state index contributed by atoms with van der Waals surface area (Å²) in [5.74, 6) is -1.38. The fourth-order valence-electron chi connectivity index (χ4n) is 3.67. The molecule has 2 fully saturated rings. The van der Waals surface area contributed by atoms with Crippen molar-refractivity contribution in [2.45, 2.75) is 24.7 Å². The maximum atomic E-state index is 13.4. The fraction of sp³-hybridized carbons (Fsp3) is 0.412. The first-order chi connectivity index (χ1) is 14.5. The van der Waals surface area contributed by atoms with E-state index in [1.165, 1.54) is 6.20 Å². The van der Waals surface area contributed by atoms with E-state index < -0.39 is 59.7 Å². The Morgan fingerprint density at radius 3 is 2.65 bits per heavy atom. The summed E-state index contributed by atoms with van der Waals surface area (Å²) in [5, 5.41) is 10.1. The number of hydrogen-bond donors (Lipinski definition) is 1. The predicted octanol–water partition coefficient (Wildman–Crippen LogP) is 2.32. The van der Waals surface area contributed by atoms with E-state index in [0.717, 1.165) is 20.3 Å². The first kappa shape index (κ1) is 21.8. The van der Waals surface area contributed by atoms with E-state index in [9.17, 15) is 32.7 Å². The molecule has 3 amide bonds. The van der Waals surface area contributed by atoms with Crippen LogP contribution in [0.4, 0.5) is 18.0 Å². The van der Waals surface area contributed by atoms with Gasteiger partial charge in [0.2, 0.25) is 0 Å². The number of aromatic nitrogens is 2. The number of ether oxygens (including phenoxy) is 1. The second-order valence-electron chi connectivity index (χ2n) is 7.01. The highest BCUT2D eigenvalue weighted by atomic mass is 79.9. The Balaban J connectivity index is 1.61. The van der Waals surface area contributed by atoms with Crippen LogP contribution in [-0.2, 0) is 15.7 Å². The van der Waals surface area contributed by atoms with Crippen molar-refractivity contribution >= 4 is 51.1 Å². The van der Waals surface area contributed by atoms with E-state index in [0.29, 0.717) is 0 Å². The van der Waals surface area contributed by atoms with Gasteiger partial charge in [-0.3, -0.25) is 14.0 Å². The molecule has 2 aromatic heterocycles. The Kier molecular flexibility index (Phi) is 5.38. The number of carbonyl (C=O) groups is 3. The monoisotopic (exact) mass is 524 g/mol. The number of amides is 3. The Labute approximate surface area is 185 Å². The van der Waals surface area contributed by atoms with Crippen LogP contribution >= 0.6 is 27.5 Å². The SMILES string of the molecule is O=C(c1nc2c(C(F)(F)F)cc(Br)cn2c1Cl)N1CC[C@@H](N2C(=O)COC2=O)[C@H](O)C1. The van der Waals surface area contributed by atoms with Gasteiger partial charge < -0.3 is 14.7 Å². The number of halogens is 5. The molecule has 0 aliphatic carbocycles. The molecule has 2 aromatic rings. The maximum Gasteiger partial charge on any atom is 0.420 e. The van der Waals surface area contributed by atoms with Crippen LogP contribution in [0.15, 0.2) is 16.7 Å². The van der Waals surface area contributed by atoms with Crippen molar-refractivity contribution < 1.29 is 37.4 Å². The first-order valence-electron chi connectivity index (χ1n) is 8.89. The number of aliphatic hydroxyl groups is 1. The molecule has 166 valence electrons. The number of nitrogens with zero attached hydrogens (tertiary/aromatic N) is 4. The molecule has 4 heterocycles. The van der Waals surface area contributed by atoms with Gasteiger partial charge in [0.05, 0.1) is 17.7 Å². The van der Waals surface area contributed by atoms with Crippen molar-refractivity contribution in [3.8, 4) is 0 Å². The van der Waals surface area contributed by atoms with Crippen LogP contribution in [0.3, 0.4) is 0 Å². The molecule has 0 spiro atoms. The number of β-amino-alcohol motifs (C(OH)–C–C–N with tert-alkyl or cyclic N) is 1. The van der Waals surface area contributed by atoms with Crippen LogP contribution in [0.1, 0.15) is 22.5 Å². The summed E-state index contributed by atoms with van der Waals surface area (Å²) in [5.41, 5.74) is -2.02. The van der Waals surface area contributed by atoms with Crippen LogP contribution < -0.4 is 0 Å². The molecule has 2 atom stereocenters. The third-order valence-corrected chi connectivity index (χ3v) is 5.88. The molecule has 31 heavy (non-hydrogen) atoms. The van der Waals surface area contributed by atoms with Gasteiger partial charge in [0.25, 0.3) is 11.8 Å². The van der Waals surface area contributed by atoms with Gasteiger partial charge in [-0.05, 0) is 28.4 Å². The van der Waals surface area contributed by atoms with Gasteiger partial charge >= 0.3 is 12.3 Å². The van der Waals surface area contributed by atoms with Crippen molar-refractivity contribution in [1.29, 1.82) is 0 Å². The molecule has 0 bridgehead atoms. The summed E-state index contributed by atoms with van der Waals surface area (Å²) < 4.78 is 45.8. The molecular weight excluding hydrogens is 513 g/mol. The number of cyclic esters (lactones) is 1. The highest BCUT2D eigenvalue weighted by molar-refractivity contribution is 9.10. The third-order valence-electron chi connectivity index (χ3n) is 5.09. The molecule has 9 nitrogen and oxygen atoms in total. The third kappa shape index (κ3) is 3.74. The summed E-state index contributed by atoms with van der Waals surface area (Å²) in [6.07, 6.45) is -5.57. The Morgan fingerprint density at radius 1 is 1.35 bits per heavy atom. The van der Waals surface area contributed by atoms with E-state index in [4.69, 9.17) is 11.6 Å². The Morgan fingerprint density at radius 2 is 2.06 bits per heavy atom. The molecule has 0 radical (unpaired) electrons. The molecule has 1 N–H and O–H groups in total.